The van der Waals surface area contributed by atoms with Gasteiger partial charge < -0.3 is 19.0 Å². The van der Waals surface area contributed by atoms with E-state index in [2.05, 4.69) is 20.0 Å². The van der Waals surface area contributed by atoms with Crippen molar-refractivity contribution >= 4 is 11.9 Å². The molecule has 0 bridgehead atoms. The summed E-state index contributed by atoms with van der Waals surface area (Å²) in [5.41, 5.74) is 3.05. The van der Waals surface area contributed by atoms with Crippen molar-refractivity contribution in [3.63, 3.8) is 0 Å². The van der Waals surface area contributed by atoms with E-state index in [1.165, 1.54) is 12.1 Å². The first kappa shape index (κ1) is 23.5. The van der Waals surface area contributed by atoms with E-state index in [0.29, 0.717) is 43.8 Å². The zero-order valence-electron chi connectivity index (χ0n) is 19.6. The van der Waals surface area contributed by atoms with Crippen LogP contribution in [0.25, 0.3) is 22.5 Å². The Bertz CT molecular complexity index is 1320. The van der Waals surface area contributed by atoms with Gasteiger partial charge in [-0.2, -0.15) is 13.9 Å². The first-order valence-corrected chi connectivity index (χ1v) is 11.5. The zero-order valence-corrected chi connectivity index (χ0v) is 19.6. The molecule has 0 saturated carbocycles. The number of alkyl halides is 2. The van der Waals surface area contributed by atoms with Gasteiger partial charge in [0.05, 0.1) is 11.4 Å². The van der Waals surface area contributed by atoms with E-state index >= 15 is 0 Å². The molecule has 9 nitrogen and oxygen atoms in total. The van der Waals surface area contributed by atoms with Crippen molar-refractivity contribution in [3.05, 3.63) is 66.6 Å². The predicted octanol–water partition coefficient (Wildman–Crippen LogP) is 3.86. The third kappa shape index (κ3) is 5.19. The summed E-state index contributed by atoms with van der Waals surface area (Å²) in [5, 5.41) is 12.6. The summed E-state index contributed by atoms with van der Waals surface area (Å²) in [5.74, 6) is 0.521. The average Bonchev–Trinajstić information content (AvgIpc) is 3.51. The quantitative estimate of drug-likeness (QED) is 0.385. The van der Waals surface area contributed by atoms with Crippen LogP contribution in [-0.4, -0.2) is 63.6 Å². The summed E-state index contributed by atoms with van der Waals surface area (Å²) in [7, 11) is 0. The molecule has 3 heterocycles. The highest BCUT2D eigenvalue weighted by Crippen LogP contribution is 2.28. The molecule has 0 aliphatic carbocycles. The molecule has 1 amide bonds. The van der Waals surface area contributed by atoms with Gasteiger partial charge in [-0.3, -0.25) is 9.48 Å². The van der Waals surface area contributed by atoms with Crippen LogP contribution in [0.2, 0.25) is 0 Å². The third-order valence-electron chi connectivity index (χ3n) is 5.93. The fraction of sp³-hybridized carbons (Fsp3) is 0.280. The number of piperazine rings is 1. The van der Waals surface area contributed by atoms with E-state index in [-0.39, 0.29) is 18.2 Å². The van der Waals surface area contributed by atoms with Crippen molar-refractivity contribution in [2.45, 2.75) is 20.1 Å². The number of rotatable bonds is 7. The van der Waals surface area contributed by atoms with E-state index in [4.69, 9.17) is 4.42 Å². The summed E-state index contributed by atoms with van der Waals surface area (Å²) in [6, 6.07) is 18.3. The lowest BCUT2D eigenvalue weighted by atomic mass is 10.1. The Balaban J connectivity index is 1.33. The maximum Gasteiger partial charge on any atom is 0.387 e. The minimum absolute atomic E-state index is 0.0520. The fourth-order valence-electron chi connectivity index (χ4n) is 4.12. The second kappa shape index (κ2) is 10.1. The van der Waals surface area contributed by atoms with Crippen molar-refractivity contribution in [3.8, 4) is 28.3 Å². The van der Waals surface area contributed by atoms with Gasteiger partial charge in [-0.25, -0.2) is 0 Å². The molecule has 1 fully saturated rings. The van der Waals surface area contributed by atoms with Crippen LogP contribution in [0.1, 0.15) is 5.89 Å². The van der Waals surface area contributed by atoms with Crippen LogP contribution in [0.15, 0.2) is 65.1 Å². The Hall–Kier alpha value is -4.28. The van der Waals surface area contributed by atoms with Crippen molar-refractivity contribution in [1.29, 1.82) is 0 Å². The van der Waals surface area contributed by atoms with Crippen LogP contribution < -0.4 is 9.64 Å². The summed E-state index contributed by atoms with van der Waals surface area (Å²) in [6.45, 7) is 1.17. The minimum atomic E-state index is -2.89. The number of carbonyl (C=O) groups excluding carboxylic acids is 1. The van der Waals surface area contributed by atoms with E-state index in [1.54, 1.807) is 28.6 Å². The number of ether oxygens (including phenoxy) is 1. The monoisotopic (exact) mass is 494 g/mol. The fourth-order valence-corrected chi connectivity index (χ4v) is 4.12. The molecule has 0 unspecified atom stereocenters. The smallest absolute Gasteiger partial charge is 0.387 e. The van der Waals surface area contributed by atoms with Gasteiger partial charge >= 0.3 is 12.6 Å². The minimum Gasteiger partial charge on any atom is -0.435 e. The van der Waals surface area contributed by atoms with E-state index in [0.717, 1.165) is 16.8 Å². The highest BCUT2D eigenvalue weighted by Gasteiger charge is 2.25. The molecule has 0 spiro atoms. The molecule has 11 heteroatoms. The Labute approximate surface area is 205 Å². The molecule has 1 saturated heterocycles. The lowest BCUT2D eigenvalue weighted by molar-refractivity contribution is -0.132. The molecule has 4 aromatic rings. The SMILES string of the molecule is Cc1nnc(N2CCN(C(=O)Cn3nc(-c4ccc(OC(F)F)cc4)cc3-c3ccccc3)CC2)o1. The number of hydrogen-bond acceptors (Lipinski definition) is 7. The number of aromatic nitrogens is 4. The van der Waals surface area contributed by atoms with E-state index in [9.17, 15) is 13.6 Å². The molecule has 0 N–H and O–H groups in total. The summed E-state index contributed by atoms with van der Waals surface area (Å²) in [4.78, 5) is 17.0. The lowest BCUT2D eigenvalue weighted by Crippen LogP contribution is -2.49. The van der Waals surface area contributed by atoms with Crippen LogP contribution in [0.4, 0.5) is 14.8 Å². The normalized spacial score (nSPS) is 13.9. The summed E-state index contributed by atoms with van der Waals surface area (Å²) >= 11 is 0. The molecule has 1 aliphatic heterocycles. The summed E-state index contributed by atoms with van der Waals surface area (Å²) < 4.78 is 36.6. The van der Waals surface area contributed by atoms with Gasteiger partial charge in [0.15, 0.2) is 0 Å². The molecule has 1 aliphatic rings. The van der Waals surface area contributed by atoms with Gasteiger partial charge in [-0.1, -0.05) is 35.4 Å². The standard InChI is InChI=1S/C25H24F2N6O3/c1-17-28-29-25(35-17)32-13-11-31(12-14-32)23(34)16-33-22(19-5-3-2-4-6-19)15-21(30-33)18-7-9-20(10-8-18)36-24(26)27/h2-10,15,24H,11-14,16H2,1H3. The second-order valence-electron chi connectivity index (χ2n) is 8.31. The van der Waals surface area contributed by atoms with Crippen molar-refractivity contribution < 1.29 is 22.7 Å². The van der Waals surface area contributed by atoms with Gasteiger partial charge in [0.1, 0.15) is 12.3 Å². The molecule has 0 atom stereocenters. The number of nitrogens with zero attached hydrogens (tertiary/aromatic N) is 6. The maximum atomic E-state index is 13.2. The number of benzene rings is 2. The number of halogens is 2. The van der Waals surface area contributed by atoms with E-state index < -0.39 is 6.61 Å². The Morgan fingerprint density at radius 3 is 2.36 bits per heavy atom. The molecule has 0 radical (unpaired) electrons. The van der Waals surface area contributed by atoms with Crippen LogP contribution in [0.3, 0.4) is 0 Å². The van der Waals surface area contributed by atoms with Gasteiger partial charge in [0.25, 0.3) is 0 Å². The molecular weight excluding hydrogens is 470 g/mol. The molecule has 5 rings (SSSR count). The van der Waals surface area contributed by atoms with Crippen LogP contribution >= 0.6 is 0 Å². The van der Waals surface area contributed by atoms with Gasteiger partial charge in [-0.15, -0.1) is 5.10 Å². The number of amides is 1. The highest BCUT2D eigenvalue weighted by molar-refractivity contribution is 5.78. The van der Waals surface area contributed by atoms with Gasteiger partial charge in [0.2, 0.25) is 11.8 Å². The van der Waals surface area contributed by atoms with Crippen molar-refractivity contribution in [1.82, 2.24) is 24.9 Å². The zero-order chi connectivity index (χ0) is 25.1. The number of aryl methyl sites for hydroxylation is 1. The highest BCUT2D eigenvalue weighted by atomic mass is 19.3. The van der Waals surface area contributed by atoms with Crippen LogP contribution in [0.5, 0.6) is 5.75 Å². The Kier molecular flexibility index (Phi) is 6.61. The van der Waals surface area contributed by atoms with Crippen molar-refractivity contribution in [2.75, 3.05) is 31.1 Å². The van der Waals surface area contributed by atoms with Crippen molar-refractivity contribution in [2.24, 2.45) is 0 Å². The first-order valence-electron chi connectivity index (χ1n) is 11.5. The molecule has 2 aromatic carbocycles. The third-order valence-corrected chi connectivity index (χ3v) is 5.93. The number of anilines is 1. The molecule has 36 heavy (non-hydrogen) atoms. The second-order valence-corrected chi connectivity index (χ2v) is 8.31. The van der Waals surface area contributed by atoms with E-state index in [1.807, 2.05) is 41.3 Å². The average molecular weight is 495 g/mol. The largest absolute Gasteiger partial charge is 0.435 e. The molecular formula is C25H24F2N6O3. The van der Waals surface area contributed by atoms with Gasteiger partial charge in [-0.05, 0) is 35.9 Å². The molecule has 2 aromatic heterocycles. The number of hydrogen-bond donors (Lipinski definition) is 0. The first-order chi connectivity index (χ1) is 17.5. The topological polar surface area (TPSA) is 89.5 Å². The van der Waals surface area contributed by atoms with Crippen LogP contribution in [-0.2, 0) is 11.3 Å². The Morgan fingerprint density at radius 2 is 1.72 bits per heavy atom. The van der Waals surface area contributed by atoms with Gasteiger partial charge in [0, 0.05) is 38.7 Å². The maximum absolute atomic E-state index is 13.2. The molecule has 186 valence electrons. The van der Waals surface area contributed by atoms with Crippen LogP contribution in [0, 0.1) is 6.92 Å². The Morgan fingerprint density at radius 1 is 1.00 bits per heavy atom. The summed E-state index contributed by atoms with van der Waals surface area (Å²) in [6.07, 6.45) is 0. The predicted molar refractivity (Wildman–Crippen MR) is 128 cm³/mol. The number of carbonyl (C=O) groups is 1. The lowest BCUT2D eigenvalue weighted by Gasteiger charge is -2.33.